The van der Waals surface area contributed by atoms with E-state index >= 15 is 0 Å². The van der Waals surface area contributed by atoms with Gasteiger partial charge in [0.15, 0.2) is 0 Å². The van der Waals surface area contributed by atoms with E-state index in [0.29, 0.717) is 0 Å². The summed E-state index contributed by atoms with van der Waals surface area (Å²) >= 11 is 11.4. The van der Waals surface area contributed by atoms with Gasteiger partial charge in [-0.2, -0.15) is 0 Å². The van der Waals surface area contributed by atoms with E-state index in [0.717, 1.165) is 0 Å². The second-order valence-electron chi connectivity index (χ2n) is 3.03. The quantitative estimate of drug-likeness (QED) is 0.899. The van der Waals surface area contributed by atoms with Crippen molar-refractivity contribution in [2.45, 2.75) is 12.0 Å². The van der Waals surface area contributed by atoms with E-state index in [1.54, 1.807) is 0 Å². The van der Waals surface area contributed by atoms with Gasteiger partial charge in [0, 0.05) is 15.6 Å². The van der Waals surface area contributed by atoms with E-state index in [-0.39, 0.29) is 28.0 Å². The van der Waals surface area contributed by atoms with E-state index in [4.69, 9.17) is 34.0 Å². The largest absolute Gasteiger partial charge is 0.390 e. The van der Waals surface area contributed by atoms with Gasteiger partial charge in [0.1, 0.15) is 6.61 Å². The van der Waals surface area contributed by atoms with Gasteiger partial charge >= 0.3 is 0 Å². The molecule has 0 saturated carbocycles. The summed E-state index contributed by atoms with van der Waals surface area (Å²) in [5.41, 5.74) is 5.25. The van der Waals surface area contributed by atoms with Gasteiger partial charge in [-0.1, -0.05) is 29.3 Å². The second-order valence-corrected chi connectivity index (χ2v) is 3.85. The number of nitrogens with two attached hydrogens (primary N) is 1. The predicted molar refractivity (Wildman–Crippen MR) is 62.7 cm³/mol. The van der Waals surface area contributed by atoms with Crippen LogP contribution in [0.25, 0.3) is 0 Å². The van der Waals surface area contributed by atoms with Crippen LogP contribution in [-0.2, 0) is 0 Å². The molecule has 0 aliphatic carbocycles. The van der Waals surface area contributed by atoms with Gasteiger partial charge in [-0.3, -0.25) is 0 Å². The van der Waals surface area contributed by atoms with E-state index in [1.807, 2.05) is 0 Å². The zero-order valence-electron chi connectivity index (χ0n) is 7.96. The van der Waals surface area contributed by atoms with Crippen molar-refractivity contribution >= 4 is 35.6 Å². The van der Waals surface area contributed by atoms with Gasteiger partial charge in [0.05, 0.1) is 6.04 Å². The Morgan fingerprint density at radius 2 is 1.75 bits per heavy atom. The summed E-state index contributed by atoms with van der Waals surface area (Å²) in [7, 11) is 0. The number of benzene rings is 1. The van der Waals surface area contributed by atoms with Crippen LogP contribution >= 0.6 is 35.6 Å². The zero-order valence-corrected chi connectivity index (χ0v) is 10.3. The smallest absolute Gasteiger partial charge is 0.289 e. The van der Waals surface area contributed by atoms with Gasteiger partial charge in [-0.05, 0) is 12.1 Å². The molecule has 0 saturated heterocycles. The van der Waals surface area contributed by atoms with Crippen LogP contribution in [0.2, 0.25) is 10.0 Å². The van der Waals surface area contributed by atoms with Crippen LogP contribution in [0.4, 0.5) is 8.78 Å². The summed E-state index contributed by atoms with van der Waals surface area (Å²) in [5.74, 6) is -3.45. The van der Waals surface area contributed by atoms with Crippen LogP contribution in [0.5, 0.6) is 0 Å². The van der Waals surface area contributed by atoms with Crippen LogP contribution in [0, 0.1) is 0 Å². The van der Waals surface area contributed by atoms with Crippen molar-refractivity contribution in [3.63, 3.8) is 0 Å². The van der Waals surface area contributed by atoms with Gasteiger partial charge < -0.3 is 10.8 Å². The van der Waals surface area contributed by atoms with Crippen molar-refractivity contribution in [3.05, 3.63) is 33.8 Å². The van der Waals surface area contributed by atoms with Crippen LogP contribution in [0.3, 0.4) is 0 Å². The first-order valence-corrected chi connectivity index (χ1v) is 4.84. The highest BCUT2D eigenvalue weighted by molar-refractivity contribution is 6.36. The standard InChI is InChI=1S/C9H9Cl2F2NO.ClH/c10-5-2-1-3-6(11)7(5)8(14)9(12,13)4-15;/h1-3,8,15H,4,14H2;1H/t8-;/m1./s1. The van der Waals surface area contributed by atoms with Crippen LogP contribution < -0.4 is 5.73 Å². The fourth-order valence-electron chi connectivity index (χ4n) is 1.12. The number of alkyl halides is 2. The Labute approximate surface area is 108 Å². The predicted octanol–water partition coefficient (Wildman–Crippen LogP) is 3.04. The minimum atomic E-state index is -3.45. The minimum Gasteiger partial charge on any atom is -0.390 e. The topological polar surface area (TPSA) is 46.2 Å². The van der Waals surface area contributed by atoms with Gasteiger partial charge in [0.25, 0.3) is 5.92 Å². The molecule has 2 nitrogen and oxygen atoms in total. The van der Waals surface area contributed by atoms with Crippen LogP contribution in [0.15, 0.2) is 18.2 Å². The second kappa shape index (κ2) is 5.98. The summed E-state index contributed by atoms with van der Waals surface area (Å²) in [6, 6.07) is 2.63. The summed E-state index contributed by atoms with van der Waals surface area (Å²) in [6.07, 6.45) is 0. The highest BCUT2D eigenvalue weighted by Gasteiger charge is 2.39. The van der Waals surface area contributed by atoms with Gasteiger partial charge in [0.2, 0.25) is 0 Å². The Hall–Kier alpha value is -0.130. The molecule has 0 unspecified atom stereocenters. The van der Waals surface area contributed by atoms with Crippen molar-refractivity contribution in [2.24, 2.45) is 5.73 Å². The number of hydrogen-bond acceptors (Lipinski definition) is 2. The molecule has 0 aromatic heterocycles. The molecule has 0 aliphatic rings. The molecule has 0 spiro atoms. The lowest BCUT2D eigenvalue weighted by atomic mass is 10.0. The molecule has 1 rings (SSSR count). The molecule has 7 heteroatoms. The molecule has 3 N–H and O–H groups in total. The third kappa shape index (κ3) is 3.18. The maximum atomic E-state index is 13.1. The van der Waals surface area contributed by atoms with Gasteiger partial charge in [-0.15, -0.1) is 12.4 Å². The Morgan fingerprint density at radius 1 is 1.31 bits per heavy atom. The molecule has 0 bridgehead atoms. The van der Waals surface area contributed by atoms with Crippen molar-refractivity contribution in [3.8, 4) is 0 Å². The van der Waals surface area contributed by atoms with E-state index in [2.05, 4.69) is 0 Å². The number of halogens is 5. The van der Waals surface area contributed by atoms with Crippen LogP contribution in [0.1, 0.15) is 11.6 Å². The maximum absolute atomic E-state index is 13.1. The average molecular weight is 293 g/mol. The van der Waals surface area contributed by atoms with E-state index in [9.17, 15) is 8.78 Å². The number of aliphatic hydroxyl groups excluding tert-OH is 1. The van der Waals surface area contributed by atoms with E-state index in [1.165, 1.54) is 18.2 Å². The molecule has 0 radical (unpaired) electrons. The Balaban J connectivity index is 0.00000225. The summed E-state index contributed by atoms with van der Waals surface area (Å²) in [4.78, 5) is 0. The lowest BCUT2D eigenvalue weighted by Gasteiger charge is -2.23. The Morgan fingerprint density at radius 3 is 2.12 bits per heavy atom. The fraction of sp³-hybridized carbons (Fsp3) is 0.333. The third-order valence-corrected chi connectivity index (χ3v) is 2.64. The first kappa shape index (κ1) is 15.9. The van der Waals surface area contributed by atoms with Crippen LogP contribution in [-0.4, -0.2) is 17.6 Å². The molecule has 0 amide bonds. The Bertz CT molecular complexity index is 342. The zero-order chi connectivity index (χ0) is 11.6. The SMILES string of the molecule is Cl.N[C@H](c1c(Cl)cccc1Cl)C(F)(F)CO. The molecule has 0 aliphatic heterocycles. The summed E-state index contributed by atoms with van der Waals surface area (Å²) in [5, 5.41) is 8.61. The molecule has 92 valence electrons. The maximum Gasteiger partial charge on any atom is 0.289 e. The first-order valence-electron chi connectivity index (χ1n) is 4.08. The van der Waals surface area contributed by atoms with Crippen molar-refractivity contribution < 1.29 is 13.9 Å². The number of rotatable bonds is 3. The molecule has 16 heavy (non-hydrogen) atoms. The van der Waals surface area contributed by atoms with E-state index < -0.39 is 18.6 Å². The highest BCUT2D eigenvalue weighted by atomic mass is 35.5. The minimum absolute atomic E-state index is 0. The molecule has 1 aromatic rings. The van der Waals surface area contributed by atoms with Crippen molar-refractivity contribution in [1.82, 2.24) is 0 Å². The molecule has 0 heterocycles. The highest BCUT2D eigenvalue weighted by Crippen LogP contribution is 2.36. The Kier molecular flexibility index (Phi) is 5.93. The first-order chi connectivity index (χ1) is 6.90. The third-order valence-electron chi connectivity index (χ3n) is 1.98. The normalized spacial score (nSPS) is 13.1. The average Bonchev–Trinajstić information content (AvgIpc) is 2.17. The van der Waals surface area contributed by atoms with Gasteiger partial charge in [-0.25, -0.2) is 8.78 Å². The fourth-order valence-corrected chi connectivity index (χ4v) is 1.75. The molecule has 0 fully saturated rings. The lowest BCUT2D eigenvalue weighted by molar-refractivity contribution is -0.0711. The number of aliphatic hydroxyl groups is 1. The summed E-state index contributed by atoms with van der Waals surface area (Å²) in [6.45, 7) is -1.35. The van der Waals surface area contributed by atoms with Crippen molar-refractivity contribution in [1.29, 1.82) is 0 Å². The number of hydrogen-bond donors (Lipinski definition) is 2. The van der Waals surface area contributed by atoms with Crippen molar-refractivity contribution in [2.75, 3.05) is 6.61 Å². The molecular weight excluding hydrogens is 282 g/mol. The lowest BCUT2D eigenvalue weighted by Crippen LogP contribution is -2.36. The summed E-state index contributed by atoms with van der Waals surface area (Å²) < 4.78 is 26.2. The molecule has 1 aromatic carbocycles. The monoisotopic (exact) mass is 291 g/mol. The molecular formula is C9H10Cl3F2NO. The molecule has 1 atom stereocenters.